The second kappa shape index (κ2) is 16.3. The van der Waals surface area contributed by atoms with Crippen LogP contribution < -0.4 is 10.6 Å². The average Bonchev–Trinajstić information content (AvgIpc) is 2.56. The average molecular weight is 386 g/mol. The maximum Gasteiger partial charge on any atom is 0.00790 e. The summed E-state index contributed by atoms with van der Waals surface area (Å²) in [6.45, 7) is 15.1. The minimum Gasteiger partial charge on any atom is -0.358 e. The summed E-state index contributed by atoms with van der Waals surface area (Å²) >= 11 is 0. The van der Waals surface area contributed by atoms with Crippen LogP contribution in [-0.2, 0) is 12.8 Å². The van der Waals surface area contributed by atoms with E-state index in [4.69, 9.17) is 0 Å². The Morgan fingerprint density at radius 1 is 0.714 bits per heavy atom. The molecular weight excluding hydrogens is 340 g/mol. The predicted octanol–water partition coefficient (Wildman–Crippen LogP) is 6.16. The highest BCUT2D eigenvalue weighted by molar-refractivity contribution is 5.23. The number of benzene rings is 2. The zero-order valence-electron chi connectivity index (χ0n) is 18.6. The van der Waals surface area contributed by atoms with E-state index in [9.17, 15) is 0 Å². The number of likely N-dealkylation sites (N-methyl/N-ethyl adjacent to an activating group) is 2. The summed E-state index contributed by atoms with van der Waals surface area (Å²) < 4.78 is 0. The van der Waals surface area contributed by atoms with Crippen molar-refractivity contribution < 1.29 is 0 Å². The van der Waals surface area contributed by atoms with Crippen molar-refractivity contribution in [2.45, 2.75) is 73.9 Å². The van der Waals surface area contributed by atoms with Crippen molar-refractivity contribution in [1.29, 1.82) is 0 Å². The van der Waals surface area contributed by atoms with Gasteiger partial charge in [0.2, 0.25) is 0 Å². The monoisotopic (exact) mass is 385 g/mol. The van der Waals surface area contributed by atoms with Crippen molar-refractivity contribution >= 4 is 0 Å². The van der Waals surface area contributed by atoms with Gasteiger partial charge in [-0.25, -0.2) is 0 Å². The molecule has 0 amide bonds. The molecule has 0 spiro atoms. The van der Waals surface area contributed by atoms with Crippen molar-refractivity contribution in [3.63, 3.8) is 0 Å². The fraction of sp³-hybridized carbons (Fsp3) is 0.500. The Morgan fingerprint density at radius 3 is 1.36 bits per heavy atom. The number of rotatable bonds is 8. The Morgan fingerprint density at radius 2 is 1.07 bits per heavy atom. The molecule has 2 unspecified atom stereocenters. The third-order valence-corrected chi connectivity index (χ3v) is 4.35. The van der Waals surface area contributed by atoms with Gasteiger partial charge in [-0.2, -0.15) is 0 Å². The Balaban J connectivity index is 0. The molecule has 0 radical (unpaired) electrons. The molecule has 0 saturated carbocycles. The molecule has 2 nitrogen and oxygen atoms in total. The van der Waals surface area contributed by atoms with E-state index >= 15 is 0 Å². The normalized spacial score (nSPS) is 11.9. The van der Waals surface area contributed by atoms with Crippen LogP contribution in [0.5, 0.6) is 0 Å². The van der Waals surface area contributed by atoms with Crippen LogP contribution in [0.3, 0.4) is 0 Å². The number of hydrogen-bond donors (Lipinski definition) is 2. The number of nitrogens with one attached hydrogen (secondary N) is 2. The molecule has 2 rings (SSSR count). The van der Waals surface area contributed by atoms with Crippen molar-refractivity contribution in [3.05, 3.63) is 78.2 Å². The standard InChI is InChI=1S/2C12H19N.CH4.CH3/c2*1-4-13-11(3)9-12-7-5-6-10(2)8-12;;/h2*5-8,11,13H,4,9H2,1-3H3;1H4;1H3/q;;;-1. The molecule has 2 heteroatoms. The Hall–Kier alpha value is -1.64. The molecule has 160 valence electrons. The zero-order valence-corrected chi connectivity index (χ0v) is 18.6. The highest BCUT2D eigenvalue weighted by Crippen LogP contribution is 2.07. The van der Waals surface area contributed by atoms with Gasteiger partial charge in [-0.05, 0) is 64.8 Å². The zero-order chi connectivity index (χ0) is 19.4. The van der Waals surface area contributed by atoms with Gasteiger partial charge in [0.25, 0.3) is 0 Å². The number of hydrogen-bond acceptors (Lipinski definition) is 2. The fourth-order valence-electron chi connectivity index (χ4n) is 3.23. The lowest BCUT2D eigenvalue weighted by atomic mass is 10.1. The lowest BCUT2D eigenvalue weighted by Gasteiger charge is -2.12. The van der Waals surface area contributed by atoms with Crippen LogP contribution >= 0.6 is 0 Å². The van der Waals surface area contributed by atoms with Crippen LogP contribution in [0.25, 0.3) is 0 Å². The maximum atomic E-state index is 3.41. The van der Waals surface area contributed by atoms with Crippen LogP contribution in [0.2, 0.25) is 0 Å². The van der Waals surface area contributed by atoms with Crippen LogP contribution in [0.1, 0.15) is 57.4 Å². The summed E-state index contributed by atoms with van der Waals surface area (Å²) in [6, 6.07) is 18.6. The van der Waals surface area contributed by atoms with E-state index in [0.717, 1.165) is 25.9 Å². The van der Waals surface area contributed by atoms with E-state index in [0.29, 0.717) is 12.1 Å². The molecule has 0 fully saturated rings. The molecule has 0 aromatic heterocycles. The largest absolute Gasteiger partial charge is 0.358 e. The Bertz CT molecular complexity index is 566. The lowest BCUT2D eigenvalue weighted by Crippen LogP contribution is -2.27. The maximum absolute atomic E-state index is 3.41. The van der Waals surface area contributed by atoms with Crippen molar-refractivity contribution in [3.8, 4) is 0 Å². The Labute approximate surface area is 176 Å². The molecule has 2 N–H and O–H groups in total. The first-order valence-corrected chi connectivity index (χ1v) is 10.0. The van der Waals surface area contributed by atoms with Gasteiger partial charge in [0, 0.05) is 12.1 Å². The summed E-state index contributed by atoms with van der Waals surface area (Å²) in [6.07, 6.45) is 2.24. The minimum absolute atomic E-state index is 0. The van der Waals surface area contributed by atoms with E-state index in [1.165, 1.54) is 22.3 Å². The molecule has 0 aliphatic heterocycles. The molecule has 0 saturated heterocycles. The minimum atomic E-state index is 0. The summed E-state index contributed by atoms with van der Waals surface area (Å²) in [5.41, 5.74) is 5.55. The third kappa shape index (κ3) is 12.7. The van der Waals surface area contributed by atoms with Crippen molar-refractivity contribution in [2.24, 2.45) is 0 Å². The number of aryl methyl sites for hydroxylation is 2. The van der Waals surface area contributed by atoms with Crippen LogP contribution in [-0.4, -0.2) is 25.2 Å². The van der Waals surface area contributed by atoms with Gasteiger partial charge in [-0.1, -0.05) is 80.9 Å². The fourth-order valence-corrected chi connectivity index (χ4v) is 3.23. The van der Waals surface area contributed by atoms with Gasteiger partial charge in [-0.3, -0.25) is 0 Å². The van der Waals surface area contributed by atoms with Gasteiger partial charge in [0.15, 0.2) is 0 Å². The van der Waals surface area contributed by atoms with E-state index in [-0.39, 0.29) is 14.9 Å². The summed E-state index contributed by atoms with van der Waals surface area (Å²) in [7, 11) is 0. The second-order valence-electron chi connectivity index (χ2n) is 7.30. The van der Waals surface area contributed by atoms with Crippen LogP contribution in [0.15, 0.2) is 48.5 Å². The molecule has 2 aromatic carbocycles. The highest BCUT2D eigenvalue weighted by atomic mass is 14.9. The van der Waals surface area contributed by atoms with E-state index in [1.807, 2.05) is 0 Å². The predicted molar refractivity (Wildman–Crippen MR) is 129 cm³/mol. The highest BCUT2D eigenvalue weighted by Gasteiger charge is 2.01. The van der Waals surface area contributed by atoms with Crippen molar-refractivity contribution in [1.82, 2.24) is 10.6 Å². The van der Waals surface area contributed by atoms with Gasteiger partial charge < -0.3 is 18.1 Å². The lowest BCUT2D eigenvalue weighted by molar-refractivity contribution is 0.565. The summed E-state index contributed by atoms with van der Waals surface area (Å²) in [5, 5.41) is 6.83. The Kier molecular flexibility index (Phi) is 16.7. The molecular formula is C26H45N2-. The molecule has 0 bridgehead atoms. The third-order valence-electron chi connectivity index (χ3n) is 4.35. The molecule has 2 aromatic rings. The second-order valence-corrected chi connectivity index (χ2v) is 7.30. The first kappa shape index (κ1) is 28.6. The van der Waals surface area contributed by atoms with Gasteiger partial charge in [-0.15, -0.1) is 0 Å². The van der Waals surface area contributed by atoms with Crippen LogP contribution in [0, 0.1) is 21.3 Å². The van der Waals surface area contributed by atoms with E-state index < -0.39 is 0 Å². The van der Waals surface area contributed by atoms with Crippen molar-refractivity contribution in [2.75, 3.05) is 13.1 Å². The molecule has 2 atom stereocenters. The molecule has 0 heterocycles. The quantitative estimate of drug-likeness (QED) is 0.532. The summed E-state index contributed by atoms with van der Waals surface area (Å²) in [4.78, 5) is 0. The van der Waals surface area contributed by atoms with E-state index in [1.54, 1.807) is 0 Å². The van der Waals surface area contributed by atoms with Gasteiger partial charge in [0.1, 0.15) is 0 Å². The molecule has 28 heavy (non-hydrogen) atoms. The smallest absolute Gasteiger partial charge is 0.00790 e. The first-order chi connectivity index (χ1) is 12.4. The topological polar surface area (TPSA) is 24.1 Å². The first-order valence-electron chi connectivity index (χ1n) is 10.0. The molecule has 0 aliphatic rings. The SMILES string of the molecule is C.CCNC(C)Cc1cccc(C)c1.CCNC(C)Cc1cccc(C)c1.[CH3-]. The molecule has 0 aliphatic carbocycles. The summed E-state index contributed by atoms with van der Waals surface area (Å²) in [5.74, 6) is 0. The van der Waals surface area contributed by atoms with Gasteiger partial charge in [0.05, 0.1) is 0 Å². The van der Waals surface area contributed by atoms with Gasteiger partial charge >= 0.3 is 0 Å². The van der Waals surface area contributed by atoms with Crippen LogP contribution in [0.4, 0.5) is 0 Å². The van der Waals surface area contributed by atoms with E-state index in [2.05, 4.69) is 101 Å².